The average Bonchev–Trinajstić information content (AvgIpc) is 2.89. The first-order chi connectivity index (χ1) is 14.0. The third-order valence-electron chi connectivity index (χ3n) is 4.53. The van der Waals surface area contributed by atoms with Crippen molar-refractivity contribution in [1.82, 2.24) is 14.9 Å². The maximum Gasteiger partial charge on any atom is 0.573 e. The molecule has 1 aliphatic heterocycles. The Morgan fingerprint density at radius 3 is 2.45 bits per heavy atom. The van der Waals surface area contributed by atoms with Crippen LogP contribution in [0.4, 0.5) is 13.2 Å². The summed E-state index contributed by atoms with van der Waals surface area (Å²) >= 11 is 0. The Hall–Kier alpha value is -3.13. The molecule has 0 fully saturated rings. The lowest BCUT2D eigenvalue weighted by molar-refractivity contribution is -0.274. The van der Waals surface area contributed by atoms with Crippen LogP contribution in [0.15, 0.2) is 60.9 Å². The lowest BCUT2D eigenvalue weighted by Gasteiger charge is -2.18. The second-order valence-electron chi connectivity index (χ2n) is 6.62. The lowest BCUT2D eigenvalue weighted by atomic mass is 10.0. The van der Waals surface area contributed by atoms with Gasteiger partial charge in [0.15, 0.2) is 0 Å². The minimum absolute atomic E-state index is 0.242. The zero-order chi connectivity index (χ0) is 20.3. The molecule has 4 rings (SSSR count). The summed E-state index contributed by atoms with van der Waals surface area (Å²) in [5, 5.41) is 0. The van der Waals surface area contributed by atoms with E-state index in [0.717, 1.165) is 34.8 Å². The van der Waals surface area contributed by atoms with Gasteiger partial charge in [-0.15, -0.1) is 13.2 Å². The topological polar surface area (TPSA) is 47.5 Å². The second-order valence-corrected chi connectivity index (χ2v) is 6.62. The van der Waals surface area contributed by atoms with E-state index in [9.17, 15) is 13.2 Å². The molecule has 8 heteroatoms. The first-order valence-corrected chi connectivity index (χ1v) is 9.06. The van der Waals surface area contributed by atoms with Gasteiger partial charge in [0.25, 0.3) is 0 Å². The Kier molecular flexibility index (Phi) is 5.35. The van der Waals surface area contributed by atoms with Crippen LogP contribution >= 0.6 is 0 Å². The Bertz CT molecular complexity index is 963. The van der Waals surface area contributed by atoms with Gasteiger partial charge in [-0.3, -0.25) is 4.90 Å². The standard InChI is InChI=1S/C21H18F3N3O2/c22-21(23,24)29-18-5-2-15(3-6-18)16-4-7-19-17(12-16)13-27(10-11-28-19)14-20-25-8-1-9-26-20/h1-9,12H,10-11,13-14H2. The highest BCUT2D eigenvalue weighted by Gasteiger charge is 2.31. The molecular formula is C21H18F3N3O2. The number of halogens is 3. The zero-order valence-corrected chi connectivity index (χ0v) is 15.4. The summed E-state index contributed by atoms with van der Waals surface area (Å²) in [7, 11) is 0. The number of alkyl halides is 3. The van der Waals surface area contributed by atoms with Crippen LogP contribution in [0, 0.1) is 0 Å². The van der Waals surface area contributed by atoms with E-state index in [1.54, 1.807) is 30.6 Å². The van der Waals surface area contributed by atoms with Crippen LogP contribution in [0.25, 0.3) is 11.1 Å². The van der Waals surface area contributed by atoms with Crippen LogP contribution in [0.5, 0.6) is 11.5 Å². The Morgan fingerprint density at radius 1 is 1.00 bits per heavy atom. The van der Waals surface area contributed by atoms with E-state index in [2.05, 4.69) is 19.6 Å². The van der Waals surface area contributed by atoms with E-state index < -0.39 is 6.36 Å². The largest absolute Gasteiger partial charge is 0.573 e. The fraction of sp³-hybridized carbons (Fsp3) is 0.238. The van der Waals surface area contributed by atoms with E-state index in [-0.39, 0.29) is 5.75 Å². The van der Waals surface area contributed by atoms with Crippen LogP contribution in [0.3, 0.4) is 0 Å². The van der Waals surface area contributed by atoms with E-state index in [1.165, 1.54) is 12.1 Å². The minimum atomic E-state index is -4.70. The maximum absolute atomic E-state index is 12.3. The maximum atomic E-state index is 12.3. The zero-order valence-electron chi connectivity index (χ0n) is 15.4. The highest BCUT2D eigenvalue weighted by atomic mass is 19.4. The smallest absolute Gasteiger partial charge is 0.492 e. The van der Waals surface area contributed by atoms with Gasteiger partial charge in [-0.25, -0.2) is 9.97 Å². The van der Waals surface area contributed by atoms with Crippen LogP contribution in [0.2, 0.25) is 0 Å². The summed E-state index contributed by atoms with van der Waals surface area (Å²) in [6.45, 7) is 2.57. The van der Waals surface area contributed by atoms with Crippen molar-refractivity contribution in [3.8, 4) is 22.6 Å². The van der Waals surface area contributed by atoms with Crippen molar-refractivity contribution in [3.05, 3.63) is 72.3 Å². The van der Waals surface area contributed by atoms with Crippen LogP contribution in [-0.4, -0.2) is 34.4 Å². The third kappa shape index (κ3) is 5.03. The van der Waals surface area contributed by atoms with E-state index in [1.807, 2.05) is 18.2 Å². The average molecular weight is 401 g/mol. The molecule has 0 spiro atoms. The number of aromatic nitrogens is 2. The molecule has 0 aliphatic carbocycles. The van der Waals surface area contributed by atoms with Crippen LogP contribution < -0.4 is 9.47 Å². The molecule has 0 saturated heterocycles. The van der Waals surface area contributed by atoms with Crippen molar-refractivity contribution in [1.29, 1.82) is 0 Å². The molecule has 0 bridgehead atoms. The molecule has 150 valence electrons. The highest BCUT2D eigenvalue weighted by molar-refractivity contribution is 5.66. The fourth-order valence-electron chi connectivity index (χ4n) is 3.22. The third-order valence-corrected chi connectivity index (χ3v) is 4.53. The Morgan fingerprint density at radius 2 is 1.72 bits per heavy atom. The second kappa shape index (κ2) is 8.08. The molecule has 2 aromatic carbocycles. The number of fused-ring (bicyclic) bond motifs is 1. The molecule has 0 radical (unpaired) electrons. The quantitative estimate of drug-likeness (QED) is 0.647. The number of ether oxygens (including phenoxy) is 2. The van der Waals surface area contributed by atoms with E-state index >= 15 is 0 Å². The summed E-state index contributed by atoms with van der Waals surface area (Å²) in [6, 6.07) is 13.4. The SMILES string of the molecule is FC(F)(F)Oc1ccc(-c2ccc3c(c2)CN(Cc2ncccn2)CCO3)cc1. The van der Waals surface area contributed by atoms with Crippen LogP contribution in [-0.2, 0) is 13.1 Å². The van der Waals surface area contributed by atoms with Gasteiger partial charge in [-0.1, -0.05) is 18.2 Å². The molecular weight excluding hydrogens is 383 g/mol. The molecule has 0 unspecified atom stereocenters. The monoisotopic (exact) mass is 401 g/mol. The van der Waals surface area contributed by atoms with Crippen molar-refractivity contribution >= 4 is 0 Å². The molecule has 3 aromatic rings. The first-order valence-electron chi connectivity index (χ1n) is 9.06. The van der Waals surface area contributed by atoms with Crippen molar-refractivity contribution < 1.29 is 22.6 Å². The van der Waals surface area contributed by atoms with Crippen molar-refractivity contribution in [2.45, 2.75) is 19.5 Å². The van der Waals surface area contributed by atoms with Crippen molar-refractivity contribution in [2.75, 3.05) is 13.2 Å². The first kappa shape index (κ1) is 19.2. The summed E-state index contributed by atoms with van der Waals surface area (Å²) in [6.07, 6.45) is -1.27. The van der Waals surface area contributed by atoms with Gasteiger partial charge in [0, 0.05) is 31.0 Å². The van der Waals surface area contributed by atoms with Crippen LogP contribution in [0.1, 0.15) is 11.4 Å². The van der Waals surface area contributed by atoms with Gasteiger partial charge in [-0.2, -0.15) is 0 Å². The molecule has 0 saturated carbocycles. The summed E-state index contributed by atoms with van der Waals surface area (Å²) in [5.41, 5.74) is 2.69. The number of hydrogen-bond acceptors (Lipinski definition) is 5. The van der Waals surface area contributed by atoms with Crippen molar-refractivity contribution in [3.63, 3.8) is 0 Å². The Labute approximate surface area is 165 Å². The van der Waals surface area contributed by atoms with E-state index in [4.69, 9.17) is 4.74 Å². The molecule has 0 atom stereocenters. The van der Waals surface area contributed by atoms with Gasteiger partial charge in [0.1, 0.15) is 23.9 Å². The summed E-state index contributed by atoms with van der Waals surface area (Å²) < 4.78 is 46.8. The minimum Gasteiger partial charge on any atom is -0.492 e. The molecule has 2 heterocycles. The predicted octanol–water partition coefficient (Wildman–Crippen LogP) is 4.44. The van der Waals surface area contributed by atoms with Gasteiger partial charge in [0.05, 0.1) is 6.54 Å². The summed E-state index contributed by atoms with van der Waals surface area (Å²) in [4.78, 5) is 10.7. The van der Waals surface area contributed by atoms with E-state index in [0.29, 0.717) is 19.7 Å². The summed E-state index contributed by atoms with van der Waals surface area (Å²) in [5.74, 6) is 1.31. The van der Waals surface area contributed by atoms with Gasteiger partial charge >= 0.3 is 6.36 Å². The predicted molar refractivity (Wildman–Crippen MR) is 100 cm³/mol. The van der Waals surface area contributed by atoms with Gasteiger partial charge in [0.2, 0.25) is 0 Å². The molecule has 29 heavy (non-hydrogen) atoms. The normalized spacial score (nSPS) is 14.6. The molecule has 1 aromatic heterocycles. The number of rotatable bonds is 4. The number of nitrogens with zero attached hydrogens (tertiary/aromatic N) is 3. The molecule has 5 nitrogen and oxygen atoms in total. The number of hydrogen-bond donors (Lipinski definition) is 0. The molecule has 0 N–H and O–H groups in total. The molecule has 1 aliphatic rings. The highest BCUT2D eigenvalue weighted by Crippen LogP contribution is 2.31. The van der Waals surface area contributed by atoms with Gasteiger partial charge in [-0.05, 0) is 41.5 Å². The lowest BCUT2D eigenvalue weighted by Crippen LogP contribution is -2.26. The van der Waals surface area contributed by atoms with Crippen molar-refractivity contribution in [2.24, 2.45) is 0 Å². The fourth-order valence-corrected chi connectivity index (χ4v) is 3.22. The number of benzene rings is 2. The molecule has 0 amide bonds. The Balaban J connectivity index is 1.53. The van der Waals surface area contributed by atoms with Gasteiger partial charge < -0.3 is 9.47 Å².